The molecule has 0 saturated carbocycles. The van der Waals surface area contributed by atoms with Gasteiger partial charge < -0.3 is 20.4 Å². The maximum absolute atomic E-state index is 13.4. The molecule has 8 nitrogen and oxygen atoms in total. The predicted molar refractivity (Wildman–Crippen MR) is 122 cm³/mol. The van der Waals surface area contributed by atoms with Crippen LogP contribution in [0, 0.1) is 5.92 Å². The lowest BCUT2D eigenvalue weighted by Gasteiger charge is -2.34. The molecule has 3 rings (SSSR count). The molecule has 0 bridgehead atoms. The van der Waals surface area contributed by atoms with Gasteiger partial charge in [-0.1, -0.05) is 32.9 Å². The Kier molecular flexibility index (Phi) is 7.68. The summed E-state index contributed by atoms with van der Waals surface area (Å²) >= 11 is 0. The normalized spacial score (nSPS) is 14.9. The largest absolute Gasteiger partial charge is 0.504 e. The van der Waals surface area contributed by atoms with Crippen molar-refractivity contribution in [3.63, 3.8) is 0 Å². The highest BCUT2D eigenvalue weighted by Gasteiger charge is 2.27. The van der Waals surface area contributed by atoms with Crippen LogP contribution < -0.4 is 10.2 Å². The van der Waals surface area contributed by atoms with E-state index >= 15 is 0 Å². The van der Waals surface area contributed by atoms with Crippen molar-refractivity contribution in [3.05, 3.63) is 47.0 Å². The maximum atomic E-state index is 13.4. The third-order valence-corrected chi connectivity index (χ3v) is 5.96. The van der Waals surface area contributed by atoms with E-state index in [0.717, 1.165) is 31.6 Å². The first-order valence-corrected chi connectivity index (χ1v) is 11.2. The van der Waals surface area contributed by atoms with Crippen molar-refractivity contribution >= 4 is 17.6 Å². The quantitative estimate of drug-likeness (QED) is 0.558. The van der Waals surface area contributed by atoms with E-state index in [-0.39, 0.29) is 23.6 Å². The third-order valence-electron chi connectivity index (χ3n) is 5.96. The summed E-state index contributed by atoms with van der Waals surface area (Å²) in [4.78, 5) is 32.9. The van der Waals surface area contributed by atoms with Gasteiger partial charge in [0.15, 0.2) is 17.1 Å². The highest BCUT2D eigenvalue weighted by molar-refractivity contribution is 5.96. The summed E-state index contributed by atoms with van der Waals surface area (Å²) < 4.78 is 26.8. The monoisotopic (exact) mass is 476 g/mol. The Morgan fingerprint density at radius 2 is 1.76 bits per heavy atom. The Morgan fingerprint density at radius 1 is 1.15 bits per heavy atom. The van der Waals surface area contributed by atoms with Crippen molar-refractivity contribution in [3.8, 4) is 5.75 Å². The minimum Gasteiger partial charge on any atom is -0.504 e. The fraction of sp³-hybridized carbons (Fsp3) is 0.500. The number of aliphatic carboxylic acids is 1. The number of amides is 1. The number of nitrogens with one attached hydrogen (secondary N) is 1. The average molecular weight is 477 g/mol. The first kappa shape index (κ1) is 25.3. The fourth-order valence-electron chi connectivity index (χ4n) is 3.99. The highest BCUT2D eigenvalue weighted by Crippen LogP contribution is 2.31. The second-order valence-corrected chi connectivity index (χ2v) is 9.53. The van der Waals surface area contributed by atoms with E-state index < -0.39 is 42.0 Å². The van der Waals surface area contributed by atoms with Gasteiger partial charge >= 0.3 is 5.97 Å². The second kappa shape index (κ2) is 10.3. The SMILES string of the molecule is CC(C)(C)c1ccc(N2CCC(Cc3nc(C(=O)NCC(=O)O)c(O)c(C(F)F)n3)CC2)cc1. The lowest BCUT2D eigenvalue weighted by molar-refractivity contribution is -0.135. The number of aromatic nitrogens is 2. The number of anilines is 1. The molecule has 0 unspecified atom stereocenters. The number of nitrogens with zero attached hydrogens (tertiary/aromatic N) is 3. The number of carbonyl (C=O) groups excluding carboxylic acids is 1. The van der Waals surface area contributed by atoms with Gasteiger partial charge in [0.25, 0.3) is 12.3 Å². The van der Waals surface area contributed by atoms with Crippen molar-refractivity contribution < 1.29 is 28.6 Å². The Bertz CT molecular complexity index is 1030. The van der Waals surface area contributed by atoms with Crippen LogP contribution in [-0.4, -0.2) is 51.7 Å². The molecule has 1 aliphatic rings. The van der Waals surface area contributed by atoms with E-state index in [4.69, 9.17) is 5.11 Å². The number of halogens is 2. The van der Waals surface area contributed by atoms with Crippen LogP contribution in [0.2, 0.25) is 0 Å². The molecule has 34 heavy (non-hydrogen) atoms. The number of carboxylic acid groups (broad SMARTS) is 1. The molecule has 10 heteroatoms. The Hall–Kier alpha value is -3.30. The summed E-state index contributed by atoms with van der Waals surface area (Å²) in [6.45, 7) is 7.34. The Morgan fingerprint density at radius 3 is 2.29 bits per heavy atom. The number of aromatic hydroxyl groups is 1. The van der Waals surface area contributed by atoms with Crippen molar-refractivity contribution in [2.24, 2.45) is 5.92 Å². The van der Waals surface area contributed by atoms with Crippen LogP contribution in [0.1, 0.15) is 67.6 Å². The minimum absolute atomic E-state index is 0.0292. The van der Waals surface area contributed by atoms with Gasteiger partial charge in [-0.2, -0.15) is 0 Å². The summed E-state index contributed by atoms with van der Waals surface area (Å²) in [6.07, 6.45) is -1.26. The van der Waals surface area contributed by atoms with Crippen molar-refractivity contribution in [2.75, 3.05) is 24.5 Å². The van der Waals surface area contributed by atoms with Crippen LogP contribution in [0.3, 0.4) is 0 Å². The molecule has 184 valence electrons. The van der Waals surface area contributed by atoms with Crippen LogP contribution in [-0.2, 0) is 16.6 Å². The van der Waals surface area contributed by atoms with E-state index in [1.807, 2.05) is 5.32 Å². The molecule has 2 heterocycles. The summed E-state index contributed by atoms with van der Waals surface area (Å²) in [5, 5.41) is 20.8. The molecule has 1 aromatic carbocycles. The maximum Gasteiger partial charge on any atom is 0.322 e. The van der Waals surface area contributed by atoms with Gasteiger partial charge in [-0.25, -0.2) is 18.7 Å². The summed E-state index contributed by atoms with van der Waals surface area (Å²) in [5.41, 5.74) is 0.897. The topological polar surface area (TPSA) is 116 Å². The van der Waals surface area contributed by atoms with Crippen LogP contribution in [0.15, 0.2) is 24.3 Å². The number of rotatable bonds is 7. The molecule has 2 aromatic rings. The van der Waals surface area contributed by atoms with E-state index in [1.54, 1.807) is 0 Å². The van der Waals surface area contributed by atoms with Gasteiger partial charge in [0.1, 0.15) is 12.4 Å². The number of carboxylic acids is 1. The number of piperidine rings is 1. The Labute approximate surface area is 197 Å². The second-order valence-electron chi connectivity index (χ2n) is 9.53. The van der Waals surface area contributed by atoms with Crippen molar-refractivity contribution in [1.82, 2.24) is 15.3 Å². The van der Waals surface area contributed by atoms with E-state index in [2.05, 4.69) is 59.9 Å². The summed E-state index contributed by atoms with van der Waals surface area (Å²) in [7, 11) is 0. The van der Waals surface area contributed by atoms with Crippen LogP contribution >= 0.6 is 0 Å². The van der Waals surface area contributed by atoms with Crippen LogP contribution in [0.4, 0.5) is 14.5 Å². The minimum atomic E-state index is -3.11. The first-order valence-electron chi connectivity index (χ1n) is 11.2. The van der Waals surface area contributed by atoms with E-state index in [9.17, 15) is 23.5 Å². The average Bonchev–Trinajstić information content (AvgIpc) is 2.78. The molecule has 0 spiro atoms. The zero-order chi connectivity index (χ0) is 25.0. The molecule has 0 radical (unpaired) electrons. The summed E-state index contributed by atoms with van der Waals surface area (Å²) in [6, 6.07) is 8.49. The number of benzene rings is 1. The van der Waals surface area contributed by atoms with Gasteiger partial charge in [-0.15, -0.1) is 0 Å². The number of hydrogen-bond donors (Lipinski definition) is 3. The lowest BCUT2D eigenvalue weighted by atomic mass is 9.87. The van der Waals surface area contributed by atoms with Crippen LogP contribution in [0.5, 0.6) is 5.75 Å². The van der Waals surface area contributed by atoms with Gasteiger partial charge in [0.2, 0.25) is 0 Å². The van der Waals surface area contributed by atoms with Gasteiger partial charge in [0.05, 0.1) is 0 Å². The van der Waals surface area contributed by atoms with E-state index in [1.165, 1.54) is 5.56 Å². The molecule has 1 amide bonds. The molecule has 3 N–H and O–H groups in total. The van der Waals surface area contributed by atoms with Gasteiger partial charge in [-0.3, -0.25) is 9.59 Å². The lowest BCUT2D eigenvalue weighted by Crippen LogP contribution is -2.34. The first-order chi connectivity index (χ1) is 16.0. The summed E-state index contributed by atoms with van der Waals surface area (Å²) in [5.74, 6) is -3.23. The smallest absolute Gasteiger partial charge is 0.322 e. The number of alkyl halides is 2. The van der Waals surface area contributed by atoms with Crippen molar-refractivity contribution in [2.45, 2.75) is 51.9 Å². The van der Waals surface area contributed by atoms with Gasteiger partial charge in [0, 0.05) is 25.2 Å². The molecule has 0 aliphatic carbocycles. The van der Waals surface area contributed by atoms with Gasteiger partial charge in [-0.05, 0) is 41.9 Å². The number of hydrogen-bond acceptors (Lipinski definition) is 6. The zero-order valence-corrected chi connectivity index (χ0v) is 19.5. The molecule has 1 saturated heterocycles. The zero-order valence-electron chi connectivity index (χ0n) is 19.5. The molecule has 1 fully saturated rings. The number of carbonyl (C=O) groups is 2. The van der Waals surface area contributed by atoms with E-state index in [0.29, 0.717) is 0 Å². The standard InChI is InChI=1S/C24H30F2N4O4/c1-24(2,3)15-4-6-16(7-5-15)30-10-8-14(9-11-30)12-17-28-19(22(25)26)21(33)20(29-17)23(34)27-13-18(31)32/h4-7,14,22,33H,8-13H2,1-3H3,(H,27,34)(H,31,32). The molecule has 1 aromatic heterocycles. The molecule has 1 aliphatic heterocycles. The molecular weight excluding hydrogens is 446 g/mol. The third kappa shape index (κ3) is 6.18. The molecule has 0 atom stereocenters. The fourth-order valence-corrected chi connectivity index (χ4v) is 3.99. The van der Waals surface area contributed by atoms with Crippen LogP contribution in [0.25, 0.3) is 0 Å². The van der Waals surface area contributed by atoms with Crippen molar-refractivity contribution in [1.29, 1.82) is 0 Å². The Balaban J connectivity index is 1.69. The molecular formula is C24H30F2N4O4. The predicted octanol–water partition coefficient (Wildman–Crippen LogP) is 3.69. The highest BCUT2D eigenvalue weighted by atomic mass is 19.3.